The number of halogens is 4. The second kappa shape index (κ2) is 9.76. The number of rotatable bonds is 4. The van der Waals surface area contributed by atoms with E-state index in [1.807, 2.05) is 0 Å². The maximum absolute atomic E-state index is 12.8. The van der Waals surface area contributed by atoms with E-state index >= 15 is 0 Å². The minimum atomic E-state index is -0.443. The van der Waals surface area contributed by atoms with E-state index in [2.05, 4.69) is 31.9 Å². The molecule has 0 bridgehead atoms. The van der Waals surface area contributed by atoms with Gasteiger partial charge in [-0.05, 0) is 24.3 Å². The summed E-state index contributed by atoms with van der Waals surface area (Å²) >= 11 is 6.18. The van der Waals surface area contributed by atoms with Crippen LogP contribution in [0.4, 0.5) is 8.78 Å². The average molecular weight is 440 g/mol. The smallest absolute Gasteiger partial charge is 0.128 e. The highest BCUT2D eigenvalue weighted by molar-refractivity contribution is 9.10. The van der Waals surface area contributed by atoms with Crippen molar-refractivity contribution in [2.24, 2.45) is 0 Å². The number of phenols is 1. The fourth-order valence-electron chi connectivity index (χ4n) is 1.39. The van der Waals surface area contributed by atoms with Crippen LogP contribution in [0.2, 0.25) is 0 Å². The molecule has 1 N–H and O–H groups in total. The number of aromatic hydroxyl groups is 1. The number of methoxy groups -OCH3 is 1. The lowest BCUT2D eigenvalue weighted by molar-refractivity contribution is 0.146. The van der Waals surface area contributed by atoms with Crippen molar-refractivity contribution in [2.45, 2.75) is 0 Å². The summed E-state index contributed by atoms with van der Waals surface area (Å²) in [6, 6.07) is 8.16. The van der Waals surface area contributed by atoms with Crippen LogP contribution in [0.15, 0.2) is 45.3 Å². The molecule has 0 heterocycles. The fraction of sp³-hybridized carbons (Fsp3) is 0.200. The second-order valence-electron chi connectivity index (χ2n) is 4.07. The molecule has 0 aromatic heterocycles. The monoisotopic (exact) mass is 438 g/mol. The third kappa shape index (κ3) is 7.72. The first-order valence-corrected chi connectivity index (χ1v) is 7.72. The lowest BCUT2D eigenvalue weighted by atomic mass is 10.3. The highest BCUT2D eigenvalue weighted by Crippen LogP contribution is 2.20. The minimum Gasteiger partial charge on any atom is -0.508 e. The predicted molar refractivity (Wildman–Crippen MR) is 87.2 cm³/mol. The number of hydrogen-bond acceptors (Lipinski definition) is 3. The molecule has 0 amide bonds. The lowest BCUT2D eigenvalue weighted by Crippen LogP contribution is -2.04. The van der Waals surface area contributed by atoms with E-state index in [9.17, 15) is 8.78 Å². The highest BCUT2D eigenvalue weighted by atomic mass is 79.9. The van der Waals surface area contributed by atoms with E-state index in [0.29, 0.717) is 27.9 Å². The van der Waals surface area contributed by atoms with Crippen LogP contribution in [-0.4, -0.2) is 25.4 Å². The SMILES string of the molecule is COCCOc1cc(F)cc(Br)c1.Oc1cc(F)cc(Br)c1. The third-order valence-corrected chi connectivity index (χ3v) is 3.16. The Hall–Kier alpha value is -1.18. The molecule has 2 aromatic rings. The zero-order chi connectivity index (χ0) is 16.5. The lowest BCUT2D eigenvalue weighted by Gasteiger charge is -2.05. The summed E-state index contributed by atoms with van der Waals surface area (Å²) in [5, 5.41) is 8.72. The largest absolute Gasteiger partial charge is 0.508 e. The van der Waals surface area contributed by atoms with Crippen LogP contribution in [-0.2, 0) is 4.74 Å². The summed E-state index contributed by atoms with van der Waals surface area (Å²) < 4.78 is 36.2. The van der Waals surface area contributed by atoms with E-state index in [1.165, 1.54) is 24.3 Å². The fourth-order valence-corrected chi connectivity index (χ4v) is 2.29. The molecule has 2 aromatic carbocycles. The van der Waals surface area contributed by atoms with E-state index in [1.54, 1.807) is 13.2 Å². The van der Waals surface area contributed by atoms with Crippen LogP contribution in [0.25, 0.3) is 0 Å². The van der Waals surface area contributed by atoms with Gasteiger partial charge in [-0.15, -0.1) is 0 Å². The van der Waals surface area contributed by atoms with Crippen LogP contribution < -0.4 is 4.74 Å². The zero-order valence-electron chi connectivity index (χ0n) is 11.7. The standard InChI is InChI=1S/C9H10BrFO2.C6H4BrFO/c1-12-2-3-13-9-5-7(10)4-8(11)6-9;7-4-1-5(8)3-6(9)2-4/h4-6H,2-3H2,1H3;1-3,9H. The summed E-state index contributed by atoms with van der Waals surface area (Å²) in [7, 11) is 1.59. The van der Waals surface area contributed by atoms with Gasteiger partial charge in [0.1, 0.15) is 29.7 Å². The summed E-state index contributed by atoms with van der Waals surface area (Å²) in [6.07, 6.45) is 0. The van der Waals surface area contributed by atoms with Crippen molar-refractivity contribution in [1.82, 2.24) is 0 Å². The van der Waals surface area contributed by atoms with Crippen molar-refractivity contribution in [2.75, 3.05) is 20.3 Å². The minimum absolute atomic E-state index is 0.0677. The van der Waals surface area contributed by atoms with Gasteiger partial charge in [-0.2, -0.15) is 0 Å². The first-order chi connectivity index (χ1) is 10.4. The molecule has 7 heteroatoms. The first-order valence-electron chi connectivity index (χ1n) is 6.13. The Labute approximate surface area is 144 Å². The van der Waals surface area contributed by atoms with Crippen molar-refractivity contribution >= 4 is 31.9 Å². The summed E-state index contributed by atoms with van der Waals surface area (Å²) in [6.45, 7) is 0.917. The Morgan fingerprint density at radius 2 is 1.50 bits per heavy atom. The molecule has 0 fully saturated rings. The summed E-state index contributed by atoms with van der Waals surface area (Å²) in [5.41, 5.74) is 0. The Bertz CT molecular complexity index is 539. The van der Waals surface area contributed by atoms with Crippen LogP contribution in [0.1, 0.15) is 0 Å². The zero-order valence-corrected chi connectivity index (χ0v) is 14.8. The molecule has 0 aliphatic heterocycles. The molecule has 22 heavy (non-hydrogen) atoms. The van der Waals surface area contributed by atoms with Crippen molar-refractivity contribution in [3.63, 3.8) is 0 Å². The Morgan fingerprint density at radius 3 is 2.00 bits per heavy atom. The molecule has 2 rings (SSSR count). The molecule has 0 saturated heterocycles. The van der Waals surface area contributed by atoms with Gasteiger partial charge < -0.3 is 14.6 Å². The molecular formula is C15H14Br2F2O3. The van der Waals surface area contributed by atoms with Gasteiger partial charge >= 0.3 is 0 Å². The van der Waals surface area contributed by atoms with E-state index < -0.39 is 5.82 Å². The van der Waals surface area contributed by atoms with Crippen molar-refractivity contribution in [3.8, 4) is 11.5 Å². The molecular weight excluding hydrogens is 426 g/mol. The average Bonchev–Trinajstić information content (AvgIpc) is 2.36. The Balaban J connectivity index is 0.000000235. The molecule has 0 saturated carbocycles. The molecule has 3 nitrogen and oxygen atoms in total. The van der Waals surface area contributed by atoms with Crippen molar-refractivity contribution in [3.05, 3.63) is 57.0 Å². The van der Waals surface area contributed by atoms with Crippen LogP contribution >= 0.6 is 31.9 Å². The van der Waals surface area contributed by atoms with E-state index in [4.69, 9.17) is 14.6 Å². The second-order valence-corrected chi connectivity index (χ2v) is 5.91. The van der Waals surface area contributed by atoms with Crippen LogP contribution in [0.3, 0.4) is 0 Å². The number of ether oxygens (including phenoxy) is 2. The maximum Gasteiger partial charge on any atom is 0.128 e. The van der Waals surface area contributed by atoms with Crippen molar-refractivity contribution < 1.29 is 23.4 Å². The van der Waals surface area contributed by atoms with Crippen LogP contribution in [0.5, 0.6) is 11.5 Å². The van der Waals surface area contributed by atoms with E-state index in [0.717, 1.165) is 6.07 Å². The maximum atomic E-state index is 12.8. The predicted octanol–water partition coefficient (Wildman–Crippen LogP) is 4.91. The number of phenolic OH excluding ortho intramolecular Hbond substituents is 1. The number of benzene rings is 2. The Kier molecular flexibility index (Phi) is 8.37. The topological polar surface area (TPSA) is 38.7 Å². The van der Waals surface area contributed by atoms with Gasteiger partial charge in [-0.1, -0.05) is 31.9 Å². The Morgan fingerprint density at radius 1 is 0.909 bits per heavy atom. The molecule has 0 aliphatic carbocycles. The van der Waals surface area contributed by atoms with Gasteiger partial charge in [0, 0.05) is 28.2 Å². The molecule has 0 atom stereocenters. The van der Waals surface area contributed by atoms with Gasteiger partial charge in [0.2, 0.25) is 0 Å². The summed E-state index contributed by atoms with van der Waals surface area (Å²) in [5.74, 6) is -0.325. The molecule has 0 spiro atoms. The van der Waals surface area contributed by atoms with Gasteiger partial charge in [0.15, 0.2) is 0 Å². The molecule has 0 unspecified atom stereocenters. The van der Waals surface area contributed by atoms with Gasteiger partial charge in [0.05, 0.1) is 6.61 Å². The summed E-state index contributed by atoms with van der Waals surface area (Å²) in [4.78, 5) is 0. The third-order valence-electron chi connectivity index (χ3n) is 2.24. The van der Waals surface area contributed by atoms with E-state index in [-0.39, 0.29) is 11.6 Å². The number of hydrogen-bond donors (Lipinski definition) is 1. The first kappa shape index (κ1) is 18.9. The normalized spacial score (nSPS) is 9.86. The molecule has 120 valence electrons. The van der Waals surface area contributed by atoms with Crippen molar-refractivity contribution in [1.29, 1.82) is 0 Å². The quantitative estimate of drug-likeness (QED) is 0.688. The van der Waals surface area contributed by atoms with Gasteiger partial charge in [0.25, 0.3) is 0 Å². The van der Waals surface area contributed by atoms with Gasteiger partial charge in [-0.25, -0.2) is 8.78 Å². The highest BCUT2D eigenvalue weighted by Gasteiger charge is 1.99. The van der Waals surface area contributed by atoms with Gasteiger partial charge in [-0.3, -0.25) is 0 Å². The molecule has 0 aliphatic rings. The van der Waals surface area contributed by atoms with Crippen LogP contribution in [0, 0.1) is 11.6 Å². The molecule has 0 radical (unpaired) electrons.